The lowest BCUT2D eigenvalue weighted by molar-refractivity contribution is -0.143. The van der Waals surface area contributed by atoms with Crippen LogP contribution in [0.15, 0.2) is 46.6 Å². The third-order valence-electron chi connectivity index (χ3n) is 6.66. The van der Waals surface area contributed by atoms with Gasteiger partial charge in [0.25, 0.3) is 0 Å². The molecule has 1 aliphatic rings. The van der Waals surface area contributed by atoms with Crippen molar-refractivity contribution >= 4 is 11.9 Å². The Morgan fingerprint density at radius 2 is 1.59 bits per heavy atom. The van der Waals surface area contributed by atoms with E-state index < -0.39 is 36.1 Å². The molecule has 0 aliphatic heterocycles. The summed E-state index contributed by atoms with van der Waals surface area (Å²) in [5.41, 5.74) is -1.76. The number of hydrogen-bond acceptors (Lipinski definition) is 3. The van der Waals surface area contributed by atoms with Crippen molar-refractivity contribution < 1.29 is 35.9 Å². The van der Waals surface area contributed by atoms with Gasteiger partial charge >= 0.3 is 18.4 Å². The number of nitrogens with zero attached hydrogens (tertiary/aromatic N) is 3. The summed E-state index contributed by atoms with van der Waals surface area (Å²) in [6.07, 6.45) is -2.98. The summed E-state index contributed by atoms with van der Waals surface area (Å²) in [4.78, 5) is 20.6. The number of carbonyl (C=O) groups excluding carboxylic acids is 1. The predicted octanol–water partition coefficient (Wildman–Crippen LogP) is 8.07. The van der Waals surface area contributed by atoms with Crippen molar-refractivity contribution in [2.75, 3.05) is 26.7 Å². The monoisotopic (exact) mass is 561 g/mol. The third kappa shape index (κ3) is 9.32. The van der Waals surface area contributed by atoms with E-state index in [1.807, 2.05) is 27.7 Å². The average molecular weight is 562 g/mol. The molecule has 1 aliphatic carbocycles. The van der Waals surface area contributed by atoms with E-state index in [2.05, 4.69) is 9.89 Å². The molecule has 0 bridgehead atoms. The number of alkyl halides is 6. The summed E-state index contributed by atoms with van der Waals surface area (Å²) in [5.74, 6) is 1.10. The minimum absolute atomic E-state index is 0.0670. The molecule has 11 heteroatoms. The van der Waals surface area contributed by atoms with Gasteiger partial charge in [0.15, 0.2) is 0 Å². The number of carbonyl (C=O) groups is 1. The molecule has 39 heavy (non-hydrogen) atoms. The van der Waals surface area contributed by atoms with Crippen LogP contribution in [0.4, 0.5) is 31.1 Å². The second-order valence-electron chi connectivity index (χ2n) is 9.84. The molecule has 1 saturated carbocycles. The quantitative estimate of drug-likeness (QED) is 0.174. The molecule has 1 aromatic carbocycles. The Labute approximate surface area is 226 Å². The number of rotatable bonds is 9. The van der Waals surface area contributed by atoms with Crippen molar-refractivity contribution in [1.29, 1.82) is 0 Å². The predicted molar refractivity (Wildman–Crippen MR) is 139 cm³/mol. The summed E-state index contributed by atoms with van der Waals surface area (Å²) in [6.45, 7) is 8.18. The van der Waals surface area contributed by atoms with Crippen LogP contribution in [0.3, 0.4) is 0 Å². The van der Waals surface area contributed by atoms with Crippen LogP contribution in [0.1, 0.15) is 70.1 Å². The minimum atomic E-state index is -4.99. The van der Waals surface area contributed by atoms with E-state index in [0.717, 1.165) is 49.8 Å². The molecular weight excluding hydrogens is 524 g/mol. The summed E-state index contributed by atoms with van der Waals surface area (Å²) >= 11 is 0. The second kappa shape index (κ2) is 13.9. The number of ether oxygens (including phenoxy) is 1. The number of halogens is 6. The van der Waals surface area contributed by atoms with Gasteiger partial charge in [0.05, 0.1) is 24.8 Å². The number of likely N-dealkylation sites (N-methyl/N-ethyl adjacent to an activating group) is 1. The van der Waals surface area contributed by atoms with E-state index in [0.29, 0.717) is 36.0 Å². The van der Waals surface area contributed by atoms with Gasteiger partial charge in [-0.25, -0.2) is 9.79 Å². The van der Waals surface area contributed by atoms with E-state index >= 15 is 0 Å². The molecule has 0 unspecified atom stereocenters. The van der Waals surface area contributed by atoms with Gasteiger partial charge < -0.3 is 9.64 Å². The molecule has 1 aromatic rings. The van der Waals surface area contributed by atoms with Crippen LogP contribution in [0.2, 0.25) is 0 Å². The van der Waals surface area contributed by atoms with Gasteiger partial charge in [0, 0.05) is 31.4 Å². The Hall–Kier alpha value is -2.98. The Morgan fingerprint density at radius 1 is 1.03 bits per heavy atom. The van der Waals surface area contributed by atoms with E-state index in [1.165, 1.54) is 0 Å². The number of methoxy groups -OCH3 is 1. The van der Waals surface area contributed by atoms with Crippen molar-refractivity contribution in [1.82, 2.24) is 9.80 Å². The maximum Gasteiger partial charge on any atom is 0.416 e. The van der Waals surface area contributed by atoms with Crippen LogP contribution in [0, 0.1) is 5.92 Å². The molecule has 0 heterocycles. The third-order valence-corrected chi connectivity index (χ3v) is 6.66. The highest BCUT2D eigenvalue weighted by molar-refractivity contribution is 6.00. The first-order valence-corrected chi connectivity index (χ1v) is 12.9. The van der Waals surface area contributed by atoms with Crippen LogP contribution in [0.25, 0.3) is 0 Å². The summed E-state index contributed by atoms with van der Waals surface area (Å²) in [7, 11) is 1.11. The van der Waals surface area contributed by atoms with Crippen LogP contribution in [0.5, 0.6) is 0 Å². The molecule has 1 amide bonds. The SMILES string of the molecule is C/C=C\N=C(C(CN(Cc1cc(C(F)(F)F)cc(C(F)(F)F)c1)C(=O)OC)=C(C)C)N(CC)CC1CCCC1. The molecule has 5 nitrogen and oxygen atoms in total. The van der Waals surface area contributed by atoms with Gasteiger partial charge in [-0.05, 0) is 70.2 Å². The van der Waals surface area contributed by atoms with Crippen LogP contribution < -0.4 is 0 Å². The number of amides is 1. The zero-order valence-corrected chi connectivity index (χ0v) is 23.0. The zero-order valence-electron chi connectivity index (χ0n) is 23.0. The van der Waals surface area contributed by atoms with Gasteiger partial charge in [-0.15, -0.1) is 0 Å². The van der Waals surface area contributed by atoms with Gasteiger partial charge in [-0.2, -0.15) is 26.3 Å². The van der Waals surface area contributed by atoms with Crippen molar-refractivity contribution in [2.45, 2.75) is 72.3 Å². The van der Waals surface area contributed by atoms with Crippen molar-refractivity contribution in [3.63, 3.8) is 0 Å². The molecule has 2 rings (SSSR count). The second-order valence-corrected chi connectivity index (χ2v) is 9.84. The highest BCUT2D eigenvalue weighted by Gasteiger charge is 2.37. The standard InChI is InChI=1S/C28H37F6N3O2/c1-6-12-35-25(36(7-2)16-20-10-8-9-11-20)24(19(3)4)18-37(26(38)39-5)17-21-13-22(27(29,30)31)15-23(14-21)28(32,33)34/h6,12-15,20H,7-11,16-18H2,1-5H3/b12-6-,35-25?. The molecule has 218 valence electrons. The fourth-order valence-electron chi connectivity index (χ4n) is 4.65. The molecule has 1 fully saturated rings. The largest absolute Gasteiger partial charge is 0.453 e. The Morgan fingerprint density at radius 3 is 2.03 bits per heavy atom. The summed E-state index contributed by atoms with van der Waals surface area (Å²) in [5, 5.41) is 0. The normalized spacial score (nSPS) is 15.1. The highest BCUT2D eigenvalue weighted by Crippen LogP contribution is 2.36. The fourth-order valence-corrected chi connectivity index (χ4v) is 4.65. The highest BCUT2D eigenvalue weighted by atomic mass is 19.4. The number of amidine groups is 1. The lowest BCUT2D eigenvalue weighted by Gasteiger charge is -2.32. The van der Waals surface area contributed by atoms with Crippen molar-refractivity contribution in [3.8, 4) is 0 Å². The molecule has 0 spiro atoms. The number of aliphatic imine (C=N–C) groups is 1. The first-order chi connectivity index (χ1) is 18.2. The van der Waals surface area contributed by atoms with Crippen LogP contribution in [-0.4, -0.2) is 48.5 Å². The zero-order chi connectivity index (χ0) is 29.4. The molecule has 0 saturated heterocycles. The van der Waals surface area contributed by atoms with E-state index in [-0.39, 0.29) is 18.2 Å². The van der Waals surface area contributed by atoms with Crippen molar-refractivity contribution in [3.05, 3.63) is 58.3 Å². The smallest absolute Gasteiger partial charge is 0.416 e. The van der Waals surface area contributed by atoms with E-state index in [1.54, 1.807) is 12.3 Å². The van der Waals surface area contributed by atoms with Crippen molar-refractivity contribution in [2.24, 2.45) is 10.9 Å². The number of allylic oxidation sites excluding steroid dienone is 2. The molecular formula is C28H37F6N3O2. The maximum atomic E-state index is 13.4. The summed E-state index contributed by atoms with van der Waals surface area (Å²) < 4.78 is 85.4. The first kappa shape index (κ1) is 32.2. The fraction of sp³-hybridized carbons (Fsp3) is 0.571. The Bertz CT molecular complexity index is 1030. The Balaban J connectivity index is 2.52. The molecule has 0 N–H and O–H groups in total. The van der Waals surface area contributed by atoms with E-state index in [4.69, 9.17) is 4.74 Å². The molecule has 0 aromatic heterocycles. The van der Waals surface area contributed by atoms with Gasteiger partial charge in [-0.3, -0.25) is 4.90 Å². The van der Waals surface area contributed by atoms with Gasteiger partial charge in [0.2, 0.25) is 0 Å². The number of hydrogen-bond donors (Lipinski definition) is 0. The lowest BCUT2D eigenvalue weighted by atomic mass is 10.0. The van der Waals surface area contributed by atoms with Crippen LogP contribution in [-0.2, 0) is 23.6 Å². The molecule has 0 atom stereocenters. The van der Waals surface area contributed by atoms with Gasteiger partial charge in [-0.1, -0.05) is 24.5 Å². The summed E-state index contributed by atoms with van der Waals surface area (Å²) in [6, 6.07) is 1.32. The van der Waals surface area contributed by atoms with Gasteiger partial charge in [0.1, 0.15) is 5.84 Å². The minimum Gasteiger partial charge on any atom is -0.453 e. The van der Waals surface area contributed by atoms with Crippen LogP contribution >= 0.6 is 0 Å². The maximum absolute atomic E-state index is 13.4. The average Bonchev–Trinajstić information content (AvgIpc) is 3.38. The lowest BCUT2D eigenvalue weighted by Crippen LogP contribution is -2.41. The Kier molecular flexibility index (Phi) is 11.5. The molecule has 0 radical (unpaired) electrons. The number of benzene rings is 1. The topological polar surface area (TPSA) is 45.1 Å². The van der Waals surface area contributed by atoms with E-state index in [9.17, 15) is 31.1 Å². The first-order valence-electron chi connectivity index (χ1n) is 12.9.